The molecule has 12 nitrogen and oxygen atoms in total. The van der Waals surface area contributed by atoms with Gasteiger partial charge in [0, 0.05) is 47.2 Å². The number of guanidine groups is 1. The second-order valence-electron chi connectivity index (χ2n) is 11.4. The summed E-state index contributed by atoms with van der Waals surface area (Å²) in [7, 11) is 0. The first-order valence-corrected chi connectivity index (χ1v) is 15.5. The van der Waals surface area contributed by atoms with E-state index in [9.17, 15) is 14.4 Å². The first kappa shape index (κ1) is 32.8. The lowest BCUT2D eigenvalue weighted by molar-refractivity contribution is -0.149. The first-order valence-electron chi connectivity index (χ1n) is 15.5. The third-order valence-corrected chi connectivity index (χ3v) is 7.95. The highest BCUT2D eigenvalue weighted by atomic mass is 16.5. The van der Waals surface area contributed by atoms with Gasteiger partial charge in [-0.3, -0.25) is 14.6 Å². The van der Waals surface area contributed by atoms with Gasteiger partial charge in [0.1, 0.15) is 18.7 Å². The summed E-state index contributed by atoms with van der Waals surface area (Å²) in [5.41, 5.74) is 21.7. The number of fused-ring (bicyclic) bond motifs is 2. The fraction of sp³-hybridized carbons (Fsp3) is 0.257. The Morgan fingerprint density at radius 3 is 1.96 bits per heavy atom. The Morgan fingerprint density at radius 1 is 0.745 bits per heavy atom. The molecule has 5 rings (SSSR count). The van der Waals surface area contributed by atoms with Crippen molar-refractivity contribution < 1.29 is 19.1 Å². The van der Waals surface area contributed by atoms with E-state index in [4.69, 9.17) is 21.9 Å². The molecular weight excluding hydrogens is 596 g/mol. The molecule has 12 heteroatoms. The minimum absolute atomic E-state index is 0.0430. The van der Waals surface area contributed by atoms with Gasteiger partial charge in [-0.05, 0) is 48.1 Å². The quantitative estimate of drug-likeness (QED) is 0.0395. The van der Waals surface area contributed by atoms with Crippen molar-refractivity contribution in [2.24, 2.45) is 22.2 Å². The van der Waals surface area contributed by atoms with E-state index in [0.29, 0.717) is 6.42 Å². The zero-order chi connectivity index (χ0) is 33.2. The molecule has 244 valence electrons. The van der Waals surface area contributed by atoms with E-state index in [0.717, 1.165) is 38.5 Å². The highest BCUT2D eigenvalue weighted by Crippen LogP contribution is 2.21. The smallest absolute Gasteiger partial charge is 0.329 e. The second-order valence-corrected chi connectivity index (χ2v) is 11.4. The molecule has 10 N–H and O–H groups in total. The number of rotatable bonds is 15. The highest BCUT2D eigenvalue weighted by Gasteiger charge is 2.30. The van der Waals surface area contributed by atoms with Crippen LogP contribution in [0.1, 0.15) is 29.5 Å². The highest BCUT2D eigenvalue weighted by molar-refractivity contribution is 5.93. The van der Waals surface area contributed by atoms with E-state index in [1.165, 1.54) is 0 Å². The Kier molecular flexibility index (Phi) is 10.9. The van der Waals surface area contributed by atoms with Crippen LogP contribution in [0.2, 0.25) is 0 Å². The van der Waals surface area contributed by atoms with Gasteiger partial charge < -0.3 is 42.5 Å². The predicted octanol–water partition coefficient (Wildman–Crippen LogP) is 2.53. The number of aliphatic imine (C=N–C) groups is 1. The van der Waals surface area contributed by atoms with Crippen LogP contribution in [0.15, 0.2) is 96.2 Å². The molecule has 0 fully saturated rings. The number of aromatic amines is 2. The van der Waals surface area contributed by atoms with Crippen LogP contribution in [0.5, 0.6) is 0 Å². The molecule has 0 aliphatic carbocycles. The number of para-hydroxylation sites is 2. The van der Waals surface area contributed by atoms with E-state index in [1.807, 2.05) is 91.3 Å². The zero-order valence-electron chi connectivity index (χ0n) is 25.9. The number of hydrogen-bond donors (Lipinski definition) is 7. The number of benzene rings is 3. The van der Waals surface area contributed by atoms with Crippen molar-refractivity contribution in [1.82, 2.24) is 20.6 Å². The number of H-pyrrole nitrogens is 2. The Morgan fingerprint density at radius 2 is 1.32 bits per heavy atom. The molecule has 3 aromatic carbocycles. The molecular formula is C35H40N8O4. The number of carbonyl (C=O) groups excluding carboxylic acids is 3. The lowest BCUT2D eigenvalue weighted by Gasteiger charge is -2.24. The lowest BCUT2D eigenvalue weighted by atomic mass is 10.0. The Balaban J connectivity index is 1.32. The van der Waals surface area contributed by atoms with E-state index in [2.05, 4.69) is 25.6 Å². The third-order valence-electron chi connectivity index (χ3n) is 7.95. The fourth-order valence-electron chi connectivity index (χ4n) is 5.50. The summed E-state index contributed by atoms with van der Waals surface area (Å²) in [6.07, 6.45) is 4.65. The first-order chi connectivity index (χ1) is 22.8. The summed E-state index contributed by atoms with van der Waals surface area (Å²) in [6.45, 7) is 0.294. The minimum Gasteiger partial charge on any atom is -0.459 e. The topological polar surface area (TPSA) is 206 Å². The van der Waals surface area contributed by atoms with Crippen molar-refractivity contribution in [1.29, 1.82) is 0 Å². The van der Waals surface area contributed by atoms with Crippen LogP contribution in [0.25, 0.3) is 21.8 Å². The number of esters is 1. The Hall–Kier alpha value is -5.62. The summed E-state index contributed by atoms with van der Waals surface area (Å²) < 4.78 is 5.65. The fourth-order valence-corrected chi connectivity index (χ4v) is 5.50. The van der Waals surface area contributed by atoms with Crippen molar-refractivity contribution in [3.63, 3.8) is 0 Å². The van der Waals surface area contributed by atoms with Crippen molar-refractivity contribution >= 4 is 45.5 Å². The van der Waals surface area contributed by atoms with Crippen molar-refractivity contribution in [3.8, 4) is 0 Å². The largest absolute Gasteiger partial charge is 0.459 e. The Labute approximate surface area is 272 Å². The van der Waals surface area contributed by atoms with Crippen LogP contribution in [0, 0.1) is 0 Å². The number of nitrogens with one attached hydrogen (secondary N) is 4. The van der Waals surface area contributed by atoms with Crippen LogP contribution in [-0.2, 0) is 38.6 Å². The SMILES string of the molecule is NC(N)=NCCC[C@H](NC(=O)[C@@H](N)Cc1c[nH]c2ccccc12)C(=O)N[C@@H](Cc1c[nH]c2ccccc12)C(=O)OCc1ccccc1. The number of hydrogen-bond acceptors (Lipinski definition) is 6. The average Bonchev–Trinajstić information content (AvgIpc) is 3.68. The summed E-state index contributed by atoms with van der Waals surface area (Å²) in [4.78, 5) is 51.1. The van der Waals surface area contributed by atoms with Gasteiger partial charge in [-0.1, -0.05) is 66.7 Å². The molecule has 0 bridgehead atoms. The van der Waals surface area contributed by atoms with E-state index in [1.54, 1.807) is 0 Å². The molecule has 5 aromatic rings. The number of carbonyl (C=O) groups is 3. The van der Waals surface area contributed by atoms with Gasteiger partial charge in [0.05, 0.1) is 6.04 Å². The number of nitrogens with zero attached hydrogens (tertiary/aromatic N) is 1. The molecule has 2 amide bonds. The van der Waals surface area contributed by atoms with Gasteiger partial charge in [0.15, 0.2) is 5.96 Å². The molecule has 47 heavy (non-hydrogen) atoms. The van der Waals surface area contributed by atoms with Crippen molar-refractivity contribution in [3.05, 3.63) is 108 Å². The summed E-state index contributed by atoms with van der Waals surface area (Å²) in [5, 5.41) is 7.54. The maximum Gasteiger partial charge on any atom is 0.329 e. The van der Waals surface area contributed by atoms with Crippen LogP contribution < -0.4 is 27.8 Å². The van der Waals surface area contributed by atoms with Gasteiger partial charge >= 0.3 is 5.97 Å². The number of nitrogens with two attached hydrogens (primary N) is 3. The standard InChI is InChI=1S/C35H40N8O4/c36-27(17-23-19-40-28-13-6-4-11-25(23)28)32(44)42-30(15-8-16-39-35(37)38)33(45)43-31(34(46)47-21-22-9-2-1-3-10-22)18-24-20-41-29-14-7-5-12-26(24)29/h1-7,9-14,19-20,27,30-31,40-41H,8,15-18,21,36H2,(H,42,44)(H,43,45)(H4,37,38,39)/t27-,30-,31-/m0/s1. The molecule has 0 saturated heterocycles. The molecule has 2 aromatic heterocycles. The van der Waals surface area contributed by atoms with Gasteiger partial charge in [0.2, 0.25) is 11.8 Å². The summed E-state index contributed by atoms with van der Waals surface area (Å²) in [6, 6.07) is 21.7. The van der Waals surface area contributed by atoms with E-state index < -0.39 is 35.9 Å². The minimum atomic E-state index is -1.04. The molecule has 0 aliphatic heterocycles. The van der Waals surface area contributed by atoms with E-state index >= 15 is 0 Å². The summed E-state index contributed by atoms with van der Waals surface area (Å²) >= 11 is 0. The monoisotopic (exact) mass is 636 g/mol. The molecule has 0 aliphatic rings. The lowest BCUT2D eigenvalue weighted by Crippen LogP contribution is -2.55. The number of aromatic nitrogens is 2. The van der Waals surface area contributed by atoms with Crippen LogP contribution in [0.3, 0.4) is 0 Å². The molecule has 2 heterocycles. The number of amides is 2. The van der Waals surface area contributed by atoms with Gasteiger partial charge in [-0.2, -0.15) is 0 Å². The van der Waals surface area contributed by atoms with Crippen molar-refractivity contribution in [2.75, 3.05) is 6.54 Å². The zero-order valence-corrected chi connectivity index (χ0v) is 25.9. The van der Waals surface area contributed by atoms with Crippen LogP contribution >= 0.6 is 0 Å². The number of ether oxygens (including phenoxy) is 1. The van der Waals surface area contributed by atoms with Crippen LogP contribution in [0.4, 0.5) is 0 Å². The van der Waals surface area contributed by atoms with Crippen LogP contribution in [-0.4, -0.2) is 58.4 Å². The van der Waals surface area contributed by atoms with Gasteiger partial charge in [-0.15, -0.1) is 0 Å². The van der Waals surface area contributed by atoms with Gasteiger partial charge in [-0.25, -0.2) is 4.79 Å². The maximum atomic E-state index is 13.8. The third kappa shape index (κ3) is 8.76. The Bertz CT molecular complexity index is 1840. The molecule has 0 radical (unpaired) electrons. The molecule has 3 atom stereocenters. The molecule has 0 unspecified atom stereocenters. The molecule has 0 saturated carbocycles. The average molecular weight is 637 g/mol. The van der Waals surface area contributed by atoms with E-state index in [-0.39, 0.29) is 38.4 Å². The maximum absolute atomic E-state index is 13.8. The molecule has 0 spiro atoms. The normalized spacial score (nSPS) is 13.0. The predicted molar refractivity (Wildman–Crippen MR) is 182 cm³/mol. The summed E-state index contributed by atoms with van der Waals surface area (Å²) in [5.74, 6) is -1.73. The second kappa shape index (κ2) is 15.6. The van der Waals surface area contributed by atoms with Gasteiger partial charge in [0.25, 0.3) is 0 Å². The van der Waals surface area contributed by atoms with Crippen molar-refractivity contribution in [2.45, 2.75) is 50.4 Å².